The van der Waals surface area contributed by atoms with Crippen molar-refractivity contribution in [2.45, 2.75) is 27.0 Å². The Morgan fingerprint density at radius 1 is 1.07 bits per heavy atom. The fraction of sp³-hybridized carbons (Fsp3) is 0.194. The molecule has 1 amide bonds. The SMILES string of the molecule is CC(=O)N(CCS)Cc1ccc(-c2ccc3ncnc(Nc4ccc(OCc5cccc(F)c5)c(C)c4)c3c2)o1. The number of hydrogen-bond donors (Lipinski definition) is 2. The van der Waals surface area contributed by atoms with Gasteiger partial charge < -0.3 is 19.4 Å². The Bertz CT molecular complexity index is 1660. The molecular weight excluding hydrogens is 527 g/mol. The van der Waals surface area contributed by atoms with Crippen LogP contribution in [-0.2, 0) is 17.9 Å². The van der Waals surface area contributed by atoms with Crippen LogP contribution in [0.1, 0.15) is 23.8 Å². The summed E-state index contributed by atoms with van der Waals surface area (Å²) >= 11 is 4.24. The minimum Gasteiger partial charge on any atom is -0.489 e. The zero-order valence-electron chi connectivity index (χ0n) is 22.2. The molecule has 204 valence electrons. The Labute approximate surface area is 237 Å². The number of carbonyl (C=O) groups is 1. The first kappa shape index (κ1) is 27.2. The molecule has 0 aliphatic rings. The van der Waals surface area contributed by atoms with E-state index in [2.05, 4.69) is 27.9 Å². The zero-order valence-corrected chi connectivity index (χ0v) is 23.1. The van der Waals surface area contributed by atoms with E-state index >= 15 is 0 Å². The van der Waals surface area contributed by atoms with E-state index < -0.39 is 0 Å². The number of rotatable bonds is 10. The number of amides is 1. The minimum absolute atomic E-state index is 0.0213. The number of furan rings is 1. The number of thiol groups is 1. The zero-order chi connectivity index (χ0) is 28.1. The fourth-order valence-corrected chi connectivity index (χ4v) is 4.64. The van der Waals surface area contributed by atoms with Crippen molar-refractivity contribution in [1.29, 1.82) is 0 Å². The number of halogens is 1. The van der Waals surface area contributed by atoms with Gasteiger partial charge in [-0.2, -0.15) is 12.6 Å². The Kier molecular flexibility index (Phi) is 8.31. The van der Waals surface area contributed by atoms with Gasteiger partial charge in [-0.3, -0.25) is 4.79 Å². The minimum atomic E-state index is -0.283. The van der Waals surface area contributed by atoms with Crippen molar-refractivity contribution in [3.8, 4) is 17.1 Å². The molecule has 1 N–H and O–H groups in total. The maximum Gasteiger partial charge on any atom is 0.219 e. The van der Waals surface area contributed by atoms with Crippen LogP contribution >= 0.6 is 12.6 Å². The van der Waals surface area contributed by atoms with Crippen LogP contribution in [-0.4, -0.2) is 33.1 Å². The predicted octanol–water partition coefficient (Wildman–Crippen LogP) is 6.94. The largest absolute Gasteiger partial charge is 0.489 e. The quantitative estimate of drug-likeness (QED) is 0.182. The van der Waals surface area contributed by atoms with E-state index in [9.17, 15) is 9.18 Å². The van der Waals surface area contributed by atoms with Gasteiger partial charge in [-0.05, 0) is 78.7 Å². The Hall–Kier alpha value is -4.37. The third-order valence-corrected chi connectivity index (χ3v) is 6.66. The number of hydrogen-bond acceptors (Lipinski definition) is 7. The van der Waals surface area contributed by atoms with Gasteiger partial charge >= 0.3 is 0 Å². The lowest BCUT2D eigenvalue weighted by molar-refractivity contribution is -0.129. The van der Waals surface area contributed by atoms with E-state index in [1.165, 1.54) is 18.5 Å². The van der Waals surface area contributed by atoms with Gasteiger partial charge in [0.25, 0.3) is 0 Å². The van der Waals surface area contributed by atoms with Gasteiger partial charge in [-0.1, -0.05) is 12.1 Å². The van der Waals surface area contributed by atoms with Crippen LogP contribution in [0.15, 0.2) is 83.5 Å². The highest BCUT2D eigenvalue weighted by Crippen LogP contribution is 2.31. The summed E-state index contributed by atoms with van der Waals surface area (Å²) in [6.07, 6.45) is 1.52. The van der Waals surface area contributed by atoms with Crippen molar-refractivity contribution in [3.05, 3.63) is 102 Å². The lowest BCUT2D eigenvalue weighted by Gasteiger charge is -2.18. The molecule has 0 unspecified atom stereocenters. The van der Waals surface area contributed by atoms with Crippen LogP contribution in [0.4, 0.5) is 15.9 Å². The van der Waals surface area contributed by atoms with Crippen LogP contribution < -0.4 is 10.1 Å². The second kappa shape index (κ2) is 12.2. The number of aromatic nitrogens is 2. The summed E-state index contributed by atoms with van der Waals surface area (Å²) in [5.74, 6) is 3.04. The highest BCUT2D eigenvalue weighted by atomic mass is 32.1. The Morgan fingerprint density at radius 2 is 1.95 bits per heavy atom. The van der Waals surface area contributed by atoms with E-state index in [1.54, 1.807) is 17.9 Å². The van der Waals surface area contributed by atoms with Crippen molar-refractivity contribution < 1.29 is 18.3 Å². The number of anilines is 2. The summed E-state index contributed by atoms with van der Waals surface area (Å²) in [5.41, 5.74) is 4.20. The molecular formula is C31H29FN4O3S. The highest BCUT2D eigenvalue weighted by molar-refractivity contribution is 7.80. The van der Waals surface area contributed by atoms with Crippen LogP contribution in [0.3, 0.4) is 0 Å². The number of ether oxygens (including phenoxy) is 1. The number of carbonyl (C=O) groups excluding carboxylic acids is 1. The van der Waals surface area contributed by atoms with Crippen molar-refractivity contribution >= 4 is 40.9 Å². The van der Waals surface area contributed by atoms with Crippen LogP contribution in [0.2, 0.25) is 0 Å². The van der Waals surface area contributed by atoms with Crippen molar-refractivity contribution in [2.24, 2.45) is 0 Å². The third-order valence-electron chi connectivity index (χ3n) is 6.46. The van der Waals surface area contributed by atoms with Gasteiger partial charge in [0.05, 0.1) is 12.1 Å². The average Bonchev–Trinajstić information content (AvgIpc) is 3.41. The second-order valence-corrected chi connectivity index (χ2v) is 9.86. The Morgan fingerprint density at radius 3 is 2.73 bits per heavy atom. The molecule has 40 heavy (non-hydrogen) atoms. The molecule has 0 aliphatic carbocycles. The van der Waals surface area contributed by atoms with E-state index in [1.807, 2.05) is 61.5 Å². The molecule has 9 heteroatoms. The molecule has 0 spiro atoms. The van der Waals surface area contributed by atoms with E-state index in [4.69, 9.17) is 9.15 Å². The number of benzene rings is 3. The monoisotopic (exact) mass is 556 g/mol. The molecule has 5 aromatic rings. The molecule has 0 aliphatic heterocycles. The molecule has 0 saturated heterocycles. The Balaban J connectivity index is 1.34. The lowest BCUT2D eigenvalue weighted by Crippen LogP contribution is -2.29. The predicted molar refractivity (Wildman–Crippen MR) is 157 cm³/mol. The topological polar surface area (TPSA) is 80.5 Å². The summed E-state index contributed by atoms with van der Waals surface area (Å²) in [7, 11) is 0. The maximum absolute atomic E-state index is 13.5. The summed E-state index contributed by atoms with van der Waals surface area (Å²) in [4.78, 5) is 22.5. The van der Waals surface area contributed by atoms with Crippen LogP contribution in [0, 0.1) is 12.7 Å². The normalized spacial score (nSPS) is 11.0. The molecule has 0 radical (unpaired) electrons. The van der Waals surface area contributed by atoms with E-state index in [0.717, 1.165) is 39.0 Å². The third kappa shape index (κ3) is 6.43. The van der Waals surface area contributed by atoms with Crippen molar-refractivity contribution in [1.82, 2.24) is 14.9 Å². The van der Waals surface area contributed by atoms with Crippen molar-refractivity contribution in [2.75, 3.05) is 17.6 Å². The second-order valence-electron chi connectivity index (χ2n) is 9.41. The first-order valence-electron chi connectivity index (χ1n) is 12.8. The van der Waals surface area contributed by atoms with Gasteiger partial charge in [-0.25, -0.2) is 14.4 Å². The van der Waals surface area contributed by atoms with Crippen molar-refractivity contribution in [3.63, 3.8) is 0 Å². The van der Waals surface area contributed by atoms with Crippen LogP contribution in [0.25, 0.3) is 22.2 Å². The molecule has 0 fully saturated rings. The van der Waals surface area contributed by atoms with Gasteiger partial charge in [0.1, 0.15) is 41.8 Å². The lowest BCUT2D eigenvalue weighted by atomic mass is 10.1. The molecule has 0 atom stereocenters. The number of nitrogens with one attached hydrogen (secondary N) is 1. The number of nitrogens with zero attached hydrogens (tertiary/aromatic N) is 3. The summed E-state index contributed by atoms with van der Waals surface area (Å²) in [6, 6.07) is 21.8. The molecule has 7 nitrogen and oxygen atoms in total. The van der Waals surface area contributed by atoms with Gasteiger partial charge in [0.2, 0.25) is 5.91 Å². The maximum atomic E-state index is 13.5. The summed E-state index contributed by atoms with van der Waals surface area (Å²) in [5, 5.41) is 4.23. The first-order chi connectivity index (χ1) is 19.4. The van der Waals surface area contributed by atoms with Gasteiger partial charge in [0.15, 0.2) is 0 Å². The molecule has 2 heterocycles. The van der Waals surface area contributed by atoms with Gasteiger partial charge in [-0.15, -0.1) is 0 Å². The average molecular weight is 557 g/mol. The highest BCUT2D eigenvalue weighted by Gasteiger charge is 2.14. The van der Waals surface area contributed by atoms with Gasteiger partial charge in [0, 0.05) is 35.9 Å². The molecule has 3 aromatic carbocycles. The molecule has 2 aromatic heterocycles. The number of aryl methyl sites for hydroxylation is 1. The van der Waals surface area contributed by atoms with Crippen LogP contribution in [0.5, 0.6) is 5.75 Å². The smallest absolute Gasteiger partial charge is 0.219 e. The molecule has 0 bridgehead atoms. The number of fused-ring (bicyclic) bond motifs is 1. The van der Waals surface area contributed by atoms with E-state index in [0.29, 0.717) is 36.2 Å². The standard InChI is InChI=1S/C31H29FN4O3S/c1-20-14-25(7-10-29(20)38-18-22-4-3-5-24(32)15-22)35-31-27-16-23(6-9-28(27)33-19-34-31)30-11-8-26(39-30)17-36(12-13-40)21(2)37/h3-11,14-16,19,40H,12-13,17-18H2,1-2H3,(H,33,34,35). The summed E-state index contributed by atoms with van der Waals surface area (Å²) in [6.45, 7) is 4.72. The summed E-state index contributed by atoms with van der Waals surface area (Å²) < 4.78 is 25.5. The molecule has 5 rings (SSSR count). The van der Waals surface area contributed by atoms with E-state index in [-0.39, 0.29) is 18.3 Å². The first-order valence-corrected chi connectivity index (χ1v) is 13.5. The fourth-order valence-electron chi connectivity index (χ4n) is 4.40. The molecule has 0 saturated carbocycles.